The Hall–Kier alpha value is -0.373. The van der Waals surface area contributed by atoms with Gasteiger partial charge in [0.15, 0.2) is 0 Å². The maximum Gasteiger partial charge on any atom is 0.201 e. The lowest BCUT2D eigenvalue weighted by Crippen LogP contribution is -2.59. The molecule has 1 aliphatic rings. The first-order valence-electron chi connectivity index (χ1n) is 9.57. The minimum atomic E-state index is -2.14. The van der Waals surface area contributed by atoms with Crippen LogP contribution in [0.5, 0.6) is 0 Å². The average Bonchev–Trinajstić information content (AvgIpc) is 2.58. The van der Waals surface area contributed by atoms with Crippen molar-refractivity contribution in [3.05, 3.63) is 30.3 Å². The van der Waals surface area contributed by atoms with E-state index in [2.05, 4.69) is 41.5 Å². The van der Waals surface area contributed by atoms with Crippen molar-refractivity contribution >= 4 is 20.1 Å². The Morgan fingerprint density at radius 2 is 1.50 bits per heavy atom. The topological polar surface area (TPSA) is 58.9 Å². The standard InChI is InChI=1S/C20H34O4SSi/c1-13(2)26(14(3)4,15(5)6)24-17-12-23-20(19(22)18(17)21)25-16-10-8-7-9-11-16/h7-11,13-15,17-22H,12H2,1-6H3/t17-,18+,19-,20+/m1/s1. The minimum Gasteiger partial charge on any atom is -0.408 e. The van der Waals surface area contributed by atoms with Crippen LogP contribution in [0.4, 0.5) is 0 Å². The first-order valence-corrected chi connectivity index (χ1v) is 12.6. The van der Waals surface area contributed by atoms with E-state index in [-0.39, 0.29) is 0 Å². The lowest BCUT2D eigenvalue weighted by Gasteiger charge is -2.47. The van der Waals surface area contributed by atoms with Crippen molar-refractivity contribution in [3.63, 3.8) is 0 Å². The summed E-state index contributed by atoms with van der Waals surface area (Å²) in [4.78, 5) is 1.01. The largest absolute Gasteiger partial charge is 0.408 e. The van der Waals surface area contributed by atoms with E-state index in [0.717, 1.165) is 4.90 Å². The second-order valence-electron chi connectivity index (χ2n) is 8.09. The van der Waals surface area contributed by atoms with Crippen LogP contribution in [0.25, 0.3) is 0 Å². The highest BCUT2D eigenvalue weighted by Gasteiger charge is 2.50. The van der Waals surface area contributed by atoms with Gasteiger partial charge in [-0.1, -0.05) is 71.5 Å². The Bertz CT molecular complexity index is 530. The molecule has 0 aliphatic carbocycles. The molecule has 0 saturated carbocycles. The van der Waals surface area contributed by atoms with E-state index < -0.39 is 32.1 Å². The zero-order valence-corrected chi connectivity index (χ0v) is 18.6. The number of rotatable bonds is 7. The van der Waals surface area contributed by atoms with Crippen LogP contribution >= 0.6 is 11.8 Å². The highest BCUT2D eigenvalue weighted by Crippen LogP contribution is 2.44. The van der Waals surface area contributed by atoms with Gasteiger partial charge in [-0.05, 0) is 28.8 Å². The molecule has 0 bridgehead atoms. The third kappa shape index (κ3) is 4.54. The molecular weight excluding hydrogens is 364 g/mol. The molecule has 0 aromatic heterocycles. The number of thioether (sulfide) groups is 1. The molecule has 1 fully saturated rings. The zero-order valence-electron chi connectivity index (χ0n) is 16.8. The molecule has 2 N–H and O–H groups in total. The van der Waals surface area contributed by atoms with Crippen molar-refractivity contribution in [3.8, 4) is 0 Å². The fourth-order valence-electron chi connectivity index (χ4n) is 4.28. The number of aliphatic hydroxyl groups is 2. The summed E-state index contributed by atoms with van der Waals surface area (Å²) in [5, 5.41) is 21.4. The van der Waals surface area contributed by atoms with Gasteiger partial charge < -0.3 is 19.4 Å². The van der Waals surface area contributed by atoms with Crippen LogP contribution in [-0.2, 0) is 9.16 Å². The smallest absolute Gasteiger partial charge is 0.201 e. The molecule has 4 nitrogen and oxygen atoms in total. The monoisotopic (exact) mass is 398 g/mol. The molecule has 0 spiro atoms. The molecule has 1 aliphatic heterocycles. The van der Waals surface area contributed by atoms with Gasteiger partial charge in [-0.3, -0.25) is 0 Å². The highest BCUT2D eigenvalue weighted by molar-refractivity contribution is 7.99. The van der Waals surface area contributed by atoms with Gasteiger partial charge in [0.2, 0.25) is 8.32 Å². The molecule has 26 heavy (non-hydrogen) atoms. The normalized spacial score (nSPS) is 27.5. The first-order chi connectivity index (χ1) is 12.2. The third-order valence-corrected chi connectivity index (χ3v) is 12.8. The molecule has 1 aromatic carbocycles. The summed E-state index contributed by atoms with van der Waals surface area (Å²) in [6.45, 7) is 13.6. The van der Waals surface area contributed by atoms with E-state index in [1.165, 1.54) is 11.8 Å². The Morgan fingerprint density at radius 1 is 0.962 bits per heavy atom. The molecule has 6 heteroatoms. The summed E-state index contributed by atoms with van der Waals surface area (Å²) < 4.78 is 12.6. The Labute approximate surface area is 163 Å². The average molecular weight is 399 g/mol. The second-order valence-corrected chi connectivity index (χ2v) is 14.7. The summed E-state index contributed by atoms with van der Waals surface area (Å²) in [5.41, 5.74) is 0.773. The second kappa shape index (κ2) is 9.21. The van der Waals surface area contributed by atoms with Gasteiger partial charge in [-0.25, -0.2) is 0 Å². The number of hydrogen-bond acceptors (Lipinski definition) is 5. The Balaban J connectivity index is 2.11. The lowest BCUT2D eigenvalue weighted by atomic mass is 10.1. The van der Waals surface area contributed by atoms with Crippen molar-refractivity contribution in [1.82, 2.24) is 0 Å². The van der Waals surface area contributed by atoms with Crippen LogP contribution < -0.4 is 0 Å². The van der Waals surface area contributed by atoms with Gasteiger partial charge in [-0.2, -0.15) is 0 Å². The fourth-order valence-corrected chi connectivity index (χ4v) is 10.9. The van der Waals surface area contributed by atoms with Gasteiger partial charge in [0, 0.05) is 4.90 Å². The maximum atomic E-state index is 10.7. The van der Waals surface area contributed by atoms with E-state index in [4.69, 9.17) is 9.16 Å². The van der Waals surface area contributed by atoms with Crippen LogP contribution in [0.3, 0.4) is 0 Å². The minimum absolute atomic E-state index is 0.309. The van der Waals surface area contributed by atoms with Crippen molar-refractivity contribution in [2.75, 3.05) is 6.61 Å². The number of aliphatic hydroxyl groups excluding tert-OH is 2. The van der Waals surface area contributed by atoms with Gasteiger partial charge in [-0.15, -0.1) is 0 Å². The number of benzene rings is 1. The summed E-state index contributed by atoms with van der Waals surface area (Å²) >= 11 is 1.44. The van der Waals surface area contributed by atoms with E-state index in [0.29, 0.717) is 23.2 Å². The van der Waals surface area contributed by atoms with E-state index in [9.17, 15) is 10.2 Å². The molecule has 4 atom stereocenters. The lowest BCUT2D eigenvalue weighted by molar-refractivity contribution is -0.157. The quantitative estimate of drug-likeness (QED) is 0.666. The zero-order chi connectivity index (χ0) is 19.5. The van der Waals surface area contributed by atoms with Gasteiger partial charge in [0.1, 0.15) is 17.6 Å². The summed E-state index contributed by atoms with van der Waals surface area (Å²) in [6, 6.07) is 9.81. The molecule has 1 aromatic rings. The molecule has 2 rings (SSSR count). The fraction of sp³-hybridized carbons (Fsp3) is 0.700. The van der Waals surface area contributed by atoms with Crippen molar-refractivity contribution in [1.29, 1.82) is 0 Å². The summed E-state index contributed by atoms with van der Waals surface area (Å²) in [7, 11) is -2.14. The predicted octanol–water partition coefficient (Wildman–Crippen LogP) is 4.42. The van der Waals surface area contributed by atoms with Crippen LogP contribution in [-0.4, -0.2) is 48.9 Å². The Morgan fingerprint density at radius 3 is 2.00 bits per heavy atom. The van der Waals surface area contributed by atoms with Gasteiger partial charge in [0.25, 0.3) is 0 Å². The molecule has 1 saturated heterocycles. The maximum absolute atomic E-state index is 10.7. The van der Waals surface area contributed by atoms with Gasteiger partial charge >= 0.3 is 0 Å². The molecular formula is C20H34O4SSi. The third-order valence-electron chi connectivity index (χ3n) is 5.49. The SMILES string of the molecule is CC(C)[Si](O[C@@H]1CO[C@@H](Sc2ccccc2)[C@H](O)[C@H]1O)(C(C)C)C(C)C. The number of hydrogen-bond donors (Lipinski definition) is 2. The molecule has 1 heterocycles. The first kappa shape index (κ1) is 21.9. The van der Waals surface area contributed by atoms with Crippen molar-refractivity contribution < 1.29 is 19.4 Å². The predicted molar refractivity (Wildman–Crippen MR) is 110 cm³/mol. The van der Waals surface area contributed by atoms with Crippen LogP contribution in [0.15, 0.2) is 35.2 Å². The molecule has 0 unspecified atom stereocenters. The van der Waals surface area contributed by atoms with Crippen LogP contribution in [0, 0.1) is 0 Å². The van der Waals surface area contributed by atoms with Crippen LogP contribution in [0.2, 0.25) is 16.6 Å². The highest BCUT2D eigenvalue weighted by atomic mass is 32.2. The van der Waals surface area contributed by atoms with E-state index in [1.807, 2.05) is 30.3 Å². The summed E-state index contributed by atoms with van der Waals surface area (Å²) in [5.74, 6) is 0. The molecule has 148 valence electrons. The van der Waals surface area contributed by atoms with E-state index in [1.54, 1.807) is 0 Å². The molecule has 0 amide bonds. The van der Waals surface area contributed by atoms with E-state index >= 15 is 0 Å². The van der Waals surface area contributed by atoms with Crippen LogP contribution in [0.1, 0.15) is 41.5 Å². The number of ether oxygens (including phenoxy) is 1. The van der Waals surface area contributed by atoms with Gasteiger partial charge in [0.05, 0.1) is 12.7 Å². The van der Waals surface area contributed by atoms with Crippen molar-refractivity contribution in [2.45, 2.75) is 86.8 Å². The molecule has 0 radical (unpaired) electrons. The summed E-state index contributed by atoms with van der Waals surface area (Å²) in [6.07, 6.45) is -2.39. The Kier molecular flexibility index (Phi) is 7.77. The van der Waals surface area contributed by atoms with Crippen molar-refractivity contribution in [2.24, 2.45) is 0 Å².